The van der Waals surface area contributed by atoms with Gasteiger partial charge in [0.05, 0.1) is 21.1 Å². The molecule has 23 heavy (non-hydrogen) atoms. The van der Waals surface area contributed by atoms with Crippen molar-refractivity contribution in [3.05, 3.63) is 28.0 Å². The highest BCUT2D eigenvalue weighted by Gasteiger charge is 2.39. The van der Waals surface area contributed by atoms with Gasteiger partial charge in [-0.15, -0.1) is 0 Å². The van der Waals surface area contributed by atoms with Crippen molar-refractivity contribution in [1.82, 2.24) is 18.7 Å². The Labute approximate surface area is 144 Å². The van der Waals surface area contributed by atoms with E-state index in [4.69, 9.17) is 23.2 Å². The van der Waals surface area contributed by atoms with Crippen LogP contribution in [0.3, 0.4) is 0 Å². The fraction of sp³-hybridized carbons (Fsp3) is 0.333. The first-order valence-electron chi connectivity index (χ1n) is 6.42. The number of aromatic nitrogens is 2. The molecule has 0 aliphatic heterocycles. The number of nitrogens with zero attached hydrogens (tertiary/aromatic N) is 5. The zero-order chi connectivity index (χ0) is 17.5. The van der Waals surface area contributed by atoms with Crippen molar-refractivity contribution in [2.75, 3.05) is 28.2 Å². The molecule has 11 heteroatoms. The summed E-state index contributed by atoms with van der Waals surface area (Å²) in [7, 11) is -0.135. The molecule has 1 aromatic heterocycles. The third-order valence-corrected chi connectivity index (χ3v) is 11.7. The minimum atomic E-state index is -3.64. The lowest BCUT2D eigenvalue weighted by atomic mass is 10.3. The van der Waals surface area contributed by atoms with E-state index in [1.807, 2.05) is 6.07 Å². The maximum absolute atomic E-state index is 13.6. The molecule has 2 unspecified atom stereocenters. The molecular weight excluding hydrogens is 379 g/mol. The monoisotopic (exact) mass is 393 g/mol. The fourth-order valence-electron chi connectivity index (χ4n) is 2.10. The number of rotatable bonds is 4. The molecule has 0 bridgehead atoms. The van der Waals surface area contributed by atoms with Gasteiger partial charge in [0.15, 0.2) is 0 Å². The summed E-state index contributed by atoms with van der Waals surface area (Å²) in [5.41, 5.74) is 0.722. The Bertz CT molecular complexity index is 888. The molecule has 0 N–H and O–H groups in total. The predicted octanol–water partition coefficient (Wildman–Crippen LogP) is 3.77. The van der Waals surface area contributed by atoms with E-state index in [1.165, 1.54) is 25.8 Å². The highest BCUT2D eigenvalue weighted by atomic mass is 35.5. The molecule has 0 spiro atoms. The van der Waals surface area contributed by atoms with Gasteiger partial charge in [0, 0.05) is 0 Å². The van der Waals surface area contributed by atoms with E-state index in [-0.39, 0.29) is 15.9 Å². The molecule has 124 valence electrons. The first-order chi connectivity index (χ1) is 10.6. The number of imidazole rings is 1. The average molecular weight is 394 g/mol. The van der Waals surface area contributed by atoms with Gasteiger partial charge >= 0.3 is 7.13 Å². The third-order valence-electron chi connectivity index (χ3n) is 3.22. The summed E-state index contributed by atoms with van der Waals surface area (Å²) in [6, 6.07) is 4.87. The number of fused-ring (bicyclic) bond motifs is 1. The van der Waals surface area contributed by atoms with Crippen LogP contribution in [-0.4, -0.2) is 46.9 Å². The van der Waals surface area contributed by atoms with E-state index in [2.05, 4.69) is 4.98 Å². The highest BCUT2D eigenvalue weighted by Crippen LogP contribution is 2.72. The lowest BCUT2D eigenvalue weighted by Gasteiger charge is -2.28. The summed E-state index contributed by atoms with van der Waals surface area (Å²) in [4.78, 5) is 4.14. The van der Waals surface area contributed by atoms with Gasteiger partial charge in [0.25, 0.3) is 0 Å². The molecule has 0 aliphatic rings. The quantitative estimate of drug-likeness (QED) is 0.735. The molecule has 0 aliphatic carbocycles. The van der Waals surface area contributed by atoms with Crippen molar-refractivity contribution in [1.29, 1.82) is 5.26 Å². The Morgan fingerprint density at radius 1 is 1.26 bits per heavy atom. The van der Waals surface area contributed by atoms with Crippen LogP contribution in [0.15, 0.2) is 12.1 Å². The Hall–Kier alpha value is -0.860. The van der Waals surface area contributed by atoms with Gasteiger partial charge in [0.1, 0.15) is 6.07 Å². The van der Waals surface area contributed by atoms with Crippen molar-refractivity contribution < 1.29 is 9.13 Å². The topological polar surface area (TPSA) is 82.2 Å². The van der Waals surface area contributed by atoms with Gasteiger partial charge in [-0.25, -0.2) is 14.0 Å². The summed E-state index contributed by atoms with van der Waals surface area (Å²) in [5, 5.41) is 9.89. The SMILES string of the molecule is CN(C)[PH](=O)P(=O)(N(C)C)n1c(C#N)nc2cc(Cl)c(Cl)cc21. The normalized spacial score (nSPS) is 15.8. The zero-order valence-corrected chi connectivity index (χ0v) is 16.3. The van der Waals surface area contributed by atoms with Crippen molar-refractivity contribution in [2.24, 2.45) is 0 Å². The second kappa shape index (κ2) is 6.57. The summed E-state index contributed by atoms with van der Waals surface area (Å²) in [5.74, 6) is -0.101. The average Bonchev–Trinajstić information content (AvgIpc) is 2.83. The van der Waals surface area contributed by atoms with Crippen molar-refractivity contribution in [3.63, 3.8) is 0 Å². The van der Waals surface area contributed by atoms with Crippen LogP contribution in [0.2, 0.25) is 10.0 Å². The van der Waals surface area contributed by atoms with E-state index in [1.54, 1.807) is 28.2 Å². The molecule has 0 fully saturated rings. The van der Waals surface area contributed by atoms with Gasteiger partial charge in [-0.3, -0.25) is 13.8 Å². The van der Waals surface area contributed by atoms with Crippen LogP contribution in [0.25, 0.3) is 11.0 Å². The minimum Gasteiger partial charge on any atom is -0.298 e. The third kappa shape index (κ3) is 2.96. The van der Waals surface area contributed by atoms with Gasteiger partial charge in [-0.05, 0) is 40.3 Å². The minimum absolute atomic E-state index is 0.101. The Kier molecular flexibility index (Phi) is 5.27. The van der Waals surface area contributed by atoms with Crippen molar-refractivity contribution in [2.45, 2.75) is 0 Å². The zero-order valence-electron chi connectivity index (χ0n) is 12.9. The van der Waals surface area contributed by atoms with E-state index < -0.39 is 14.8 Å². The number of hydrogen-bond donors (Lipinski definition) is 0. The lowest BCUT2D eigenvalue weighted by Crippen LogP contribution is -2.17. The molecule has 2 aromatic rings. The van der Waals surface area contributed by atoms with Crippen LogP contribution in [-0.2, 0) is 9.13 Å². The molecule has 1 heterocycles. The molecule has 0 saturated heterocycles. The van der Waals surface area contributed by atoms with Gasteiger partial charge in [0.2, 0.25) is 13.5 Å². The smallest absolute Gasteiger partial charge is 0.298 e. The van der Waals surface area contributed by atoms with E-state index in [0.29, 0.717) is 11.0 Å². The standard InChI is InChI=1S/C12H15Cl2N5O2P2/c1-17(2)22(20)23(21,18(3)4)19-11-6-9(14)8(13)5-10(11)16-12(19)7-15/h5-6,22H,1-4H3. The summed E-state index contributed by atoms with van der Waals surface area (Å²) in [6.07, 6.45) is 0. The molecule has 1 aromatic carbocycles. The van der Waals surface area contributed by atoms with Gasteiger partial charge in [-0.1, -0.05) is 23.2 Å². The molecule has 0 radical (unpaired) electrons. The van der Waals surface area contributed by atoms with Crippen LogP contribution >= 0.6 is 38.0 Å². The Morgan fingerprint density at radius 3 is 2.30 bits per heavy atom. The van der Waals surface area contributed by atoms with Crippen molar-refractivity contribution >= 4 is 49.0 Å². The van der Waals surface area contributed by atoms with Crippen LogP contribution < -0.4 is 0 Å². The fourth-order valence-corrected chi connectivity index (χ4v) is 8.32. The Balaban J connectivity index is 2.94. The predicted molar refractivity (Wildman–Crippen MR) is 93.8 cm³/mol. The molecule has 2 rings (SSSR count). The van der Waals surface area contributed by atoms with E-state index >= 15 is 0 Å². The second-order valence-corrected chi connectivity index (χ2v) is 12.6. The van der Waals surface area contributed by atoms with E-state index in [0.717, 1.165) is 0 Å². The first-order valence-corrected chi connectivity index (χ1v) is 11.0. The molecule has 0 amide bonds. The maximum atomic E-state index is 13.6. The summed E-state index contributed by atoms with van der Waals surface area (Å²) >= 11 is 12.0. The van der Waals surface area contributed by atoms with Gasteiger partial charge < -0.3 is 0 Å². The number of hydrogen-bond acceptors (Lipinski definition) is 4. The Morgan fingerprint density at radius 2 is 1.83 bits per heavy atom. The highest BCUT2D eigenvalue weighted by molar-refractivity contribution is 8.24. The van der Waals surface area contributed by atoms with Gasteiger partial charge in [-0.2, -0.15) is 5.26 Å². The molecule has 2 atom stereocenters. The summed E-state index contributed by atoms with van der Waals surface area (Å²) < 4.78 is 30.4. The molecule has 0 saturated carbocycles. The largest absolute Gasteiger partial charge is 0.312 e. The van der Waals surface area contributed by atoms with Crippen LogP contribution in [0.1, 0.15) is 5.82 Å². The number of nitriles is 1. The maximum Gasteiger partial charge on any atom is 0.312 e. The molecule has 7 nitrogen and oxygen atoms in total. The first kappa shape index (κ1) is 18.5. The van der Waals surface area contributed by atoms with Crippen LogP contribution in [0.5, 0.6) is 0 Å². The lowest BCUT2D eigenvalue weighted by molar-refractivity contribution is 0.502. The van der Waals surface area contributed by atoms with Crippen molar-refractivity contribution in [3.8, 4) is 6.07 Å². The number of benzene rings is 1. The second-order valence-electron chi connectivity index (χ2n) is 5.18. The summed E-state index contributed by atoms with van der Waals surface area (Å²) in [6.45, 7) is 0. The van der Waals surface area contributed by atoms with Crippen LogP contribution in [0.4, 0.5) is 0 Å². The molecular formula is C12H15Cl2N5O2P2. The van der Waals surface area contributed by atoms with Crippen LogP contribution in [0, 0.1) is 11.3 Å². The van der Waals surface area contributed by atoms with E-state index in [9.17, 15) is 14.4 Å². The number of halogens is 2.